The molecule has 0 bridgehead atoms. The number of aliphatic hydroxyl groups excluding tert-OH is 1. The van der Waals surface area contributed by atoms with Gasteiger partial charge in [-0.05, 0) is 61.0 Å². The number of hydrogen-bond donors (Lipinski definition) is 2. The zero-order valence-electron chi connectivity index (χ0n) is 24.5. The fraction of sp³-hybridized carbons (Fsp3) is 0.364. The molecule has 2 amide bonds. The first kappa shape index (κ1) is 29.9. The second-order valence-electron chi connectivity index (χ2n) is 12.2. The van der Waals surface area contributed by atoms with Crippen molar-refractivity contribution in [1.82, 2.24) is 0 Å². The highest BCUT2D eigenvalue weighted by Gasteiger charge is 2.66. The van der Waals surface area contributed by atoms with Crippen molar-refractivity contribution in [3.8, 4) is 0 Å². The minimum absolute atomic E-state index is 0.0571. The number of hydrazone groups is 1. The lowest BCUT2D eigenvalue weighted by Crippen LogP contribution is -2.46. The third-order valence-corrected chi connectivity index (χ3v) is 12.0. The lowest BCUT2D eigenvalue weighted by molar-refractivity contribution is -0.146. The average molecular weight is 663 g/mol. The van der Waals surface area contributed by atoms with Gasteiger partial charge in [0.05, 0.1) is 29.7 Å². The lowest BCUT2D eigenvalue weighted by Gasteiger charge is -2.32. The van der Waals surface area contributed by atoms with Gasteiger partial charge in [0.2, 0.25) is 5.91 Å². The average Bonchev–Trinajstić information content (AvgIpc) is 3.41. The number of nitrogens with zero attached hydrogens (tertiary/aromatic N) is 3. The van der Waals surface area contributed by atoms with E-state index in [1.807, 2.05) is 92.8 Å². The maximum absolute atomic E-state index is 14.4. The second kappa shape index (κ2) is 11.4. The van der Waals surface area contributed by atoms with Crippen LogP contribution in [0.1, 0.15) is 42.9 Å². The highest BCUT2D eigenvalue weighted by atomic mass is 79.9. The summed E-state index contributed by atoms with van der Waals surface area (Å²) in [6.45, 7) is 5.98. The number of rotatable bonds is 7. The van der Waals surface area contributed by atoms with E-state index in [0.29, 0.717) is 31.5 Å². The molecule has 3 heterocycles. The first-order valence-corrected chi connectivity index (χ1v) is 18.5. The van der Waals surface area contributed by atoms with E-state index in [1.165, 1.54) is 5.01 Å². The summed E-state index contributed by atoms with van der Waals surface area (Å²) in [5.41, 5.74) is 3.52. The van der Waals surface area contributed by atoms with E-state index in [0.717, 1.165) is 32.6 Å². The number of carbonyl (C=O) groups is 2. The Labute approximate surface area is 261 Å². The number of carbonyl (C=O) groups excluding carboxylic acids is 2. The maximum Gasteiger partial charge on any atom is 0.264 e. The molecule has 1 fully saturated rings. The van der Waals surface area contributed by atoms with Gasteiger partial charge in [0.25, 0.3) is 5.91 Å². The number of aliphatic hydroxyl groups is 1. The molecule has 3 aliphatic heterocycles. The fourth-order valence-corrected chi connectivity index (χ4v) is 10.1. The van der Waals surface area contributed by atoms with E-state index < -0.39 is 20.0 Å². The zero-order valence-corrected chi connectivity index (χ0v) is 27.1. The summed E-state index contributed by atoms with van der Waals surface area (Å²) in [4.78, 5) is 40.3. The van der Waals surface area contributed by atoms with Gasteiger partial charge in [-0.25, -0.2) is 5.01 Å². The highest BCUT2D eigenvalue weighted by Crippen LogP contribution is 2.60. The largest absolute Gasteiger partial charge is 0.432 e. The van der Waals surface area contributed by atoms with Gasteiger partial charge in [0.15, 0.2) is 13.9 Å². The monoisotopic (exact) mass is 661 g/mol. The van der Waals surface area contributed by atoms with Crippen LogP contribution in [0, 0.1) is 5.92 Å². The van der Waals surface area contributed by atoms with Crippen LogP contribution >= 0.6 is 15.9 Å². The summed E-state index contributed by atoms with van der Waals surface area (Å²) < 4.78 is 7.50. The number of hydrogen-bond acceptors (Lipinski definition) is 6. The van der Waals surface area contributed by atoms with Crippen LogP contribution in [0.4, 0.5) is 11.4 Å². The minimum atomic E-state index is -2.76. The Bertz CT molecular complexity index is 1580. The fourth-order valence-electron chi connectivity index (χ4n) is 7.12. The minimum Gasteiger partial charge on any atom is -0.432 e. The second-order valence-corrected chi connectivity index (χ2v) is 17.1. The molecule has 1 saturated heterocycles. The summed E-state index contributed by atoms with van der Waals surface area (Å²) in [6.07, 6.45) is 0.915. The molecule has 10 heteroatoms. The molecule has 0 aliphatic carbocycles. The van der Waals surface area contributed by atoms with Crippen molar-refractivity contribution >= 4 is 53.1 Å². The van der Waals surface area contributed by atoms with Crippen LogP contribution in [0.2, 0.25) is 18.6 Å². The van der Waals surface area contributed by atoms with Crippen molar-refractivity contribution in [3.63, 3.8) is 0 Å². The molecule has 0 radical (unpaired) electrons. The van der Waals surface area contributed by atoms with Gasteiger partial charge in [0.1, 0.15) is 0 Å². The van der Waals surface area contributed by atoms with Crippen molar-refractivity contribution in [2.45, 2.75) is 63.1 Å². The Morgan fingerprint density at radius 3 is 2.44 bits per heavy atom. The molecular weight excluding hydrogens is 626 g/mol. The van der Waals surface area contributed by atoms with Gasteiger partial charge in [0, 0.05) is 40.9 Å². The molecule has 3 aromatic rings. The molecule has 0 saturated carbocycles. The Kier molecular flexibility index (Phi) is 7.93. The predicted octanol–water partition coefficient (Wildman–Crippen LogP) is 5.71. The number of fused-ring (bicyclic) bond motifs is 2. The van der Waals surface area contributed by atoms with Crippen LogP contribution in [0.5, 0.6) is 0 Å². The molecule has 6 rings (SSSR count). The molecule has 4 atom stereocenters. The van der Waals surface area contributed by atoms with Crippen LogP contribution in [-0.2, 0) is 26.5 Å². The van der Waals surface area contributed by atoms with Gasteiger partial charge >= 0.3 is 0 Å². The maximum atomic E-state index is 14.4. The predicted molar refractivity (Wildman–Crippen MR) is 172 cm³/mol. The summed E-state index contributed by atoms with van der Waals surface area (Å²) in [7, 11) is -2.76. The quantitative estimate of drug-likeness (QED) is 0.316. The number of anilines is 2. The topological polar surface area (TPSA) is 103 Å². The summed E-state index contributed by atoms with van der Waals surface area (Å²) in [5, 5.41) is 15.9. The van der Waals surface area contributed by atoms with Crippen LogP contribution in [0.15, 0.2) is 82.4 Å². The van der Waals surface area contributed by atoms with Crippen LogP contribution < -0.4 is 9.91 Å². The number of amides is 2. The van der Waals surface area contributed by atoms with Gasteiger partial charge in [-0.15, -0.1) is 0 Å². The Hall–Kier alpha value is -3.15. The Morgan fingerprint density at radius 2 is 1.77 bits per heavy atom. The van der Waals surface area contributed by atoms with Gasteiger partial charge in [-0.3, -0.25) is 9.59 Å². The van der Waals surface area contributed by atoms with E-state index in [1.54, 1.807) is 4.90 Å². The van der Waals surface area contributed by atoms with Crippen molar-refractivity contribution in [1.29, 1.82) is 0 Å². The molecule has 0 unspecified atom stereocenters. The van der Waals surface area contributed by atoms with E-state index >= 15 is 0 Å². The van der Waals surface area contributed by atoms with Crippen LogP contribution in [-0.4, -0.2) is 48.5 Å². The SMILES string of the molecule is C[C@H]1[C@H]([Si](C)(C)O)[C@@H](CCO)O[C@]12C(=O)N(Cc1ccc(N3N=C(c4ccccc4)CCC3=O)cc1)c1ccc(Br)cc12. The van der Waals surface area contributed by atoms with Gasteiger partial charge < -0.3 is 19.5 Å². The first-order chi connectivity index (χ1) is 20.5. The molecule has 1 spiro atoms. The molecule has 3 aliphatic rings. The highest BCUT2D eigenvalue weighted by molar-refractivity contribution is 9.10. The molecule has 0 aromatic heterocycles. The number of ether oxygens (including phenoxy) is 1. The lowest BCUT2D eigenvalue weighted by atomic mass is 9.82. The van der Waals surface area contributed by atoms with Crippen LogP contribution in [0.25, 0.3) is 0 Å². The summed E-state index contributed by atoms with van der Waals surface area (Å²) in [5.74, 6) is -0.507. The van der Waals surface area contributed by atoms with Crippen molar-refractivity contribution in [2.75, 3.05) is 16.5 Å². The number of benzene rings is 3. The summed E-state index contributed by atoms with van der Waals surface area (Å²) in [6, 6.07) is 23.2. The van der Waals surface area contributed by atoms with E-state index in [-0.39, 0.29) is 29.9 Å². The first-order valence-electron chi connectivity index (χ1n) is 14.7. The van der Waals surface area contributed by atoms with E-state index in [4.69, 9.17) is 4.74 Å². The van der Waals surface area contributed by atoms with E-state index in [9.17, 15) is 19.5 Å². The van der Waals surface area contributed by atoms with Crippen molar-refractivity contribution in [2.24, 2.45) is 11.0 Å². The molecular formula is C33H36BrN3O5Si. The Morgan fingerprint density at radius 1 is 1.05 bits per heavy atom. The third-order valence-electron chi connectivity index (χ3n) is 9.02. The summed E-state index contributed by atoms with van der Waals surface area (Å²) >= 11 is 3.58. The van der Waals surface area contributed by atoms with Crippen molar-refractivity contribution in [3.05, 3.63) is 94.0 Å². The van der Waals surface area contributed by atoms with Crippen LogP contribution in [0.3, 0.4) is 0 Å². The van der Waals surface area contributed by atoms with Gasteiger partial charge in [-0.2, -0.15) is 5.10 Å². The van der Waals surface area contributed by atoms with Gasteiger partial charge in [-0.1, -0.05) is 65.3 Å². The van der Waals surface area contributed by atoms with Crippen molar-refractivity contribution < 1.29 is 24.2 Å². The Balaban J connectivity index is 1.30. The molecule has 224 valence electrons. The molecule has 43 heavy (non-hydrogen) atoms. The standard InChI is InChI=1S/C33H36BrN3O5Si/c1-21-31(43(2,3)41)29(17-18-38)42-33(21)26-19-24(34)11-15-28(26)36(32(33)40)20-22-9-12-25(13-10-22)37-30(39)16-14-27(35-37)23-7-5-4-6-8-23/h4-13,15,19,21,29,31,38,41H,14,16-18,20H2,1-3H3/t21-,29+,31-,33+/m0/s1. The zero-order chi connectivity index (χ0) is 30.5. The molecule has 8 nitrogen and oxygen atoms in total. The molecule has 3 aromatic carbocycles. The smallest absolute Gasteiger partial charge is 0.264 e. The third kappa shape index (κ3) is 5.19. The normalized spacial score (nSPS) is 25.4. The van der Waals surface area contributed by atoms with E-state index in [2.05, 4.69) is 21.0 Å². The molecule has 2 N–H and O–H groups in total. The number of halogens is 1.